The van der Waals surface area contributed by atoms with Crippen molar-refractivity contribution in [2.24, 2.45) is 0 Å². The van der Waals surface area contributed by atoms with Gasteiger partial charge in [-0.1, -0.05) is 6.92 Å². The number of H-pyrrole nitrogens is 1. The molecular formula is C15H15N5O3. The Hall–Kier alpha value is -3.16. The van der Waals surface area contributed by atoms with Crippen molar-refractivity contribution in [3.63, 3.8) is 0 Å². The second-order valence-electron chi connectivity index (χ2n) is 4.82. The van der Waals surface area contributed by atoms with Gasteiger partial charge >= 0.3 is 0 Å². The summed E-state index contributed by atoms with van der Waals surface area (Å²) in [4.78, 5) is 30.2. The highest BCUT2D eigenvalue weighted by atomic mass is 16.5. The van der Waals surface area contributed by atoms with Gasteiger partial charge in [0.1, 0.15) is 11.6 Å². The minimum atomic E-state index is -0.363. The number of fused-ring (bicyclic) bond motifs is 1. The lowest BCUT2D eigenvalue weighted by Crippen LogP contribution is -2.17. The van der Waals surface area contributed by atoms with Gasteiger partial charge in [-0.3, -0.25) is 14.6 Å². The molecule has 0 aliphatic rings. The van der Waals surface area contributed by atoms with Gasteiger partial charge in [0.05, 0.1) is 7.11 Å². The number of hydrogen-bond donors (Lipinski definition) is 2. The first-order valence-electron chi connectivity index (χ1n) is 7.05. The van der Waals surface area contributed by atoms with E-state index in [4.69, 9.17) is 4.74 Å². The van der Waals surface area contributed by atoms with Crippen molar-refractivity contribution in [3.05, 3.63) is 40.7 Å². The zero-order valence-corrected chi connectivity index (χ0v) is 12.7. The van der Waals surface area contributed by atoms with Crippen molar-refractivity contribution in [1.82, 2.24) is 19.6 Å². The Kier molecular flexibility index (Phi) is 3.80. The molecular weight excluding hydrogens is 298 g/mol. The Morgan fingerprint density at radius 1 is 1.35 bits per heavy atom. The number of nitrogens with one attached hydrogen (secondary N) is 2. The third-order valence-corrected chi connectivity index (χ3v) is 3.27. The lowest BCUT2D eigenvalue weighted by atomic mass is 10.2. The van der Waals surface area contributed by atoms with E-state index < -0.39 is 0 Å². The van der Waals surface area contributed by atoms with Crippen LogP contribution in [0.1, 0.15) is 13.3 Å². The number of rotatable bonds is 4. The summed E-state index contributed by atoms with van der Waals surface area (Å²) in [6.45, 7) is 1.73. The van der Waals surface area contributed by atoms with E-state index in [9.17, 15) is 9.59 Å². The standard InChI is InChI=1S/C15H15N5O3/c1-3-12(21)16-11-8-13(22)17-15-18-14(19-20(11)15)9-4-6-10(23-2)7-5-9/h4-8H,3H2,1-2H3,(H,16,21)(H,17,18,19,22). The first-order valence-corrected chi connectivity index (χ1v) is 7.05. The SMILES string of the molecule is CCC(=O)Nc1cc(=O)[nH]c2nc(-c3ccc(OC)cc3)nn12. The van der Waals surface area contributed by atoms with Crippen molar-refractivity contribution in [2.45, 2.75) is 13.3 Å². The maximum atomic E-state index is 11.7. The second kappa shape index (κ2) is 5.91. The number of benzene rings is 1. The summed E-state index contributed by atoms with van der Waals surface area (Å²) in [5.41, 5.74) is 0.403. The summed E-state index contributed by atoms with van der Waals surface area (Å²) in [5.74, 6) is 1.49. The van der Waals surface area contributed by atoms with Crippen LogP contribution < -0.4 is 15.6 Å². The predicted octanol–water partition coefficient (Wildman–Crippen LogP) is 1.44. The van der Waals surface area contributed by atoms with E-state index in [1.54, 1.807) is 26.2 Å². The zero-order chi connectivity index (χ0) is 16.4. The number of aromatic amines is 1. The molecule has 8 heteroatoms. The van der Waals surface area contributed by atoms with Crippen molar-refractivity contribution < 1.29 is 9.53 Å². The van der Waals surface area contributed by atoms with Gasteiger partial charge in [-0.15, -0.1) is 5.10 Å². The molecule has 0 saturated carbocycles. The molecule has 0 aliphatic heterocycles. The molecule has 0 fully saturated rings. The number of ether oxygens (including phenoxy) is 1. The van der Waals surface area contributed by atoms with Gasteiger partial charge < -0.3 is 10.1 Å². The van der Waals surface area contributed by atoms with E-state index in [2.05, 4.69) is 20.4 Å². The van der Waals surface area contributed by atoms with Crippen LogP contribution in [0.4, 0.5) is 5.82 Å². The Bertz CT molecular complexity index is 911. The largest absolute Gasteiger partial charge is 0.497 e. The molecule has 118 valence electrons. The maximum absolute atomic E-state index is 11.7. The summed E-state index contributed by atoms with van der Waals surface area (Å²) in [6, 6.07) is 8.49. The van der Waals surface area contributed by atoms with Crippen LogP contribution in [-0.2, 0) is 4.79 Å². The molecule has 8 nitrogen and oxygen atoms in total. The van der Waals surface area contributed by atoms with Crippen molar-refractivity contribution in [2.75, 3.05) is 12.4 Å². The molecule has 2 N–H and O–H groups in total. The number of nitrogens with zero attached hydrogens (tertiary/aromatic N) is 3. The van der Waals surface area contributed by atoms with Gasteiger partial charge in [0, 0.05) is 18.1 Å². The van der Waals surface area contributed by atoms with E-state index in [1.807, 2.05) is 12.1 Å². The van der Waals surface area contributed by atoms with Gasteiger partial charge in [0.25, 0.3) is 5.56 Å². The number of aromatic nitrogens is 4. The fourth-order valence-corrected chi connectivity index (χ4v) is 2.08. The lowest BCUT2D eigenvalue weighted by molar-refractivity contribution is -0.115. The molecule has 3 rings (SSSR count). The zero-order valence-electron chi connectivity index (χ0n) is 12.7. The van der Waals surface area contributed by atoms with E-state index in [0.29, 0.717) is 12.2 Å². The van der Waals surface area contributed by atoms with E-state index in [1.165, 1.54) is 10.6 Å². The molecule has 0 atom stereocenters. The molecule has 23 heavy (non-hydrogen) atoms. The first kappa shape index (κ1) is 14.8. The smallest absolute Gasteiger partial charge is 0.254 e. The minimum Gasteiger partial charge on any atom is -0.497 e. The van der Waals surface area contributed by atoms with Gasteiger partial charge in [-0.25, -0.2) is 0 Å². The average molecular weight is 313 g/mol. The van der Waals surface area contributed by atoms with Crippen LogP contribution in [0.5, 0.6) is 5.75 Å². The number of amides is 1. The van der Waals surface area contributed by atoms with Gasteiger partial charge in [0.2, 0.25) is 11.7 Å². The summed E-state index contributed by atoms with van der Waals surface area (Å²) < 4.78 is 6.51. The number of hydrogen-bond acceptors (Lipinski definition) is 5. The highest BCUT2D eigenvalue weighted by Crippen LogP contribution is 2.20. The topological polar surface area (TPSA) is 101 Å². The van der Waals surface area contributed by atoms with E-state index in [-0.39, 0.29) is 23.1 Å². The molecule has 3 aromatic rings. The maximum Gasteiger partial charge on any atom is 0.254 e. The molecule has 0 aliphatic carbocycles. The molecule has 0 radical (unpaired) electrons. The van der Waals surface area contributed by atoms with Crippen LogP contribution in [0, 0.1) is 0 Å². The van der Waals surface area contributed by atoms with Crippen LogP contribution in [0.3, 0.4) is 0 Å². The van der Waals surface area contributed by atoms with E-state index >= 15 is 0 Å². The lowest BCUT2D eigenvalue weighted by Gasteiger charge is -2.04. The van der Waals surface area contributed by atoms with Gasteiger partial charge in [0.15, 0.2) is 5.82 Å². The second-order valence-corrected chi connectivity index (χ2v) is 4.82. The first-order chi connectivity index (χ1) is 11.1. The highest BCUT2D eigenvalue weighted by molar-refractivity contribution is 5.89. The van der Waals surface area contributed by atoms with Crippen LogP contribution in [0.2, 0.25) is 0 Å². The van der Waals surface area contributed by atoms with Crippen LogP contribution in [0.25, 0.3) is 17.2 Å². The fraction of sp³-hybridized carbons (Fsp3) is 0.200. The van der Waals surface area contributed by atoms with Gasteiger partial charge in [-0.2, -0.15) is 9.50 Å². The summed E-state index contributed by atoms with van der Waals surface area (Å²) in [5, 5.41) is 6.99. The van der Waals surface area contributed by atoms with Crippen molar-refractivity contribution >= 4 is 17.5 Å². The highest BCUT2D eigenvalue weighted by Gasteiger charge is 2.12. The quantitative estimate of drug-likeness (QED) is 0.759. The third-order valence-electron chi connectivity index (χ3n) is 3.27. The summed E-state index contributed by atoms with van der Waals surface area (Å²) >= 11 is 0. The summed E-state index contributed by atoms with van der Waals surface area (Å²) in [6.07, 6.45) is 0.300. The molecule has 0 bridgehead atoms. The molecule has 0 saturated heterocycles. The van der Waals surface area contributed by atoms with Crippen LogP contribution in [0.15, 0.2) is 35.1 Å². The molecule has 2 aromatic heterocycles. The Morgan fingerprint density at radius 3 is 2.74 bits per heavy atom. The third kappa shape index (κ3) is 2.91. The number of carbonyl (C=O) groups excluding carboxylic acids is 1. The van der Waals surface area contributed by atoms with Gasteiger partial charge in [-0.05, 0) is 24.3 Å². The van der Waals surface area contributed by atoms with Crippen LogP contribution in [-0.4, -0.2) is 32.6 Å². The van der Waals surface area contributed by atoms with Crippen molar-refractivity contribution in [3.8, 4) is 17.1 Å². The Labute approximate surface area is 131 Å². The Morgan fingerprint density at radius 2 is 2.09 bits per heavy atom. The number of methoxy groups -OCH3 is 1. The monoisotopic (exact) mass is 313 g/mol. The van der Waals surface area contributed by atoms with Crippen LogP contribution >= 0.6 is 0 Å². The number of anilines is 1. The molecule has 0 spiro atoms. The average Bonchev–Trinajstić information content (AvgIpc) is 2.98. The molecule has 1 amide bonds. The molecule has 0 unspecified atom stereocenters. The van der Waals surface area contributed by atoms with E-state index in [0.717, 1.165) is 11.3 Å². The predicted molar refractivity (Wildman–Crippen MR) is 84.5 cm³/mol. The summed E-state index contributed by atoms with van der Waals surface area (Å²) in [7, 11) is 1.59. The number of carbonyl (C=O) groups is 1. The van der Waals surface area contributed by atoms with Crippen molar-refractivity contribution in [1.29, 1.82) is 0 Å². The Balaban J connectivity index is 2.08. The normalized spacial score (nSPS) is 10.7. The molecule has 1 aromatic carbocycles. The molecule has 2 heterocycles. The fourth-order valence-electron chi connectivity index (χ4n) is 2.08. The minimum absolute atomic E-state index is 0.210.